The third kappa shape index (κ3) is 5.84. The zero-order chi connectivity index (χ0) is 21.5. The molecular formula is C22H17F3N2O3. The number of hydrogen-bond donors (Lipinski definition) is 2. The summed E-state index contributed by atoms with van der Waals surface area (Å²) in [5.74, 6) is -3.19. The van der Waals surface area contributed by atoms with Gasteiger partial charge in [0.05, 0.1) is 0 Å². The van der Waals surface area contributed by atoms with Crippen molar-refractivity contribution >= 4 is 17.5 Å². The van der Waals surface area contributed by atoms with Crippen molar-refractivity contribution in [2.24, 2.45) is 0 Å². The number of rotatable bonds is 7. The van der Waals surface area contributed by atoms with Gasteiger partial charge in [-0.05, 0) is 54.1 Å². The van der Waals surface area contributed by atoms with E-state index in [-0.39, 0.29) is 12.3 Å². The molecule has 3 rings (SSSR count). The van der Waals surface area contributed by atoms with E-state index in [1.807, 2.05) is 0 Å². The molecule has 0 atom stereocenters. The molecule has 0 radical (unpaired) electrons. The number of amides is 2. The lowest BCUT2D eigenvalue weighted by atomic mass is 10.1. The molecule has 0 fully saturated rings. The second-order valence-electron chi connectivity index (χ2n) is 6.30. The Hall–Kier alpha value is -3.81. The summed E-state index contributed by atoms with van der Waals surface area (Å²) in [5.41, 5.74) is 1.51. The number of carbonyl (C=O) groups excluding carboxylic acids is 2. The molecule has 3 aromatic carbocycles. The van der Waals surface area contributed by atoms with E-state index in [4.69, 9.17) is 4.74 Å². The van der Waals surface area contributed by atoms with Crippen molar-refractivity contribution in [2.75, 3.05) is 11.9 Å². The highest BCUT2D eigenvalue weighted by Gasteiger charge is 2.09. The molecule has 2 amide bonds. The molecule has 8 heteroatoms. The Kier molecular flexibility index (Phi) is 6.69. The van der Waals surface area contributed by atoms with Crippen LogP contribution in [0.5, 0.6) is 5.75 Å². The quantitative estimate of drug-likeness (QED) is 0.613. The zero-order valence-electron chi connectivity index (χ0n) is 15.6. The number of nitrogens with one attached hydrogen (secondary N) is 2. The van der Waals surface area contributed by atoms with E-state index in [1.54, 1.807) is 24.3 Å². The Bertz CT molecular complexity index is 1060. The molecule has 0 aromatic heterocycles. The molecule has 0 aliphatic rings. The minimum Gasteiger partial charge on any atom is -0.481 e. The SMILES string of the molecule is O=C(COc1ccc(F)cc1F)NCc1cccc(NC(=O)c2ccc(F)cc2)c1. The van der Waals surface area contributed by atoms with Gasteiger partial charge < -0.3 is 15.4 Å². The molecule has 0 unspecified atom stereocenters. The lowest BCUT2D eigenvalue weighted by Crippen LogP contribution is -2.28. The maximum Gasteiger partial charge on any atom is 0.258 e. The third-order valence-electron chi connectivity index (χ3n) is 4.03. The number of carbonyl (C=O) groups is 2. The Morgan fingerprint density at radius 1 is 0.867 bits per heavy atom. The zero-order valence-corrected chi connectivity index (χ0v) is 15.6. The molecule has 3 aromatic rings. The van der Waals surface area contributed by atoms with Crippen LogP contribution in [0.1, 0.15) is 15.9 Å². The summed E-state index contributed by atoms with van der Waals surface area (Å²) in [6, 6.07) is 14.7. The second-order valence-corrected chi connectivity index (χ2v) is 6.30. The molecule has 0 saturated carbocycles. The van der Waals surface area contributed by atoms with Gasteiger partial charge in [-0.1, -0.05) is 12.1 Å². The number of ether oxygens (including phenoxy) is 1. The monoisotopic (exact) mass is 414 g/mol. The highest BCUT2D eigenvalue weighted by molar-refractivity contribution is 6.04. The van der Waals surface area contributed by atoms with Gasteiger partial charge in [-0.25, -0.2) is 13.2 Å². The summed E-state index contributed by atoms with van der Waals surface area (Å²) in [7, 11) is 0. The molecule has 154 valence electrons. The number of halogens is 3. The summed E-state index contributed by atoms with van der Waals surface area (Å²) in [4.78, 5) is 24.1. The highest BCUT2D eigenvalue weighted by Crippen LogP contribution is 2.17. The van der Waals surface area contributed by atoms with Crippen LogP contribution >= 0.6 is 0 Å². The van der Waals surface area contributed by atoms with Crippen molar-refractivity contribution < 1.29 is 27.5 Å². The number of hydrogen-bond acceptors (Lipinski definition) is 3. The van der Waals surface area contributed by atoms with Gasteiger partial charge in [0, 0.05) is 23.9 Å². The van der Waals surface area contributed by atoms with Gasteiger partial charge in [0.15, 0.2) is 18.2 Å². The van der Waals surface area contributed by atoms with Crippen LogP contribution in [0.3, 0.4) is 0 Å². The van der Waals surface area contributed by atoms with Crippen molar-refractivity contribution in [1.29, 1.82) is 0 Å². The first-order valence-corrected chi connectivity index (χ1v) is 8.91. The van der Waals surface area contributed by atoms with Gasteiger partial charge in [-0.2, -0.15) is 0 Å². The van der Waals surface area contributed by atoms with E-state index in [0.717, 1.165) is 12.1 Å². The van der Waals surface area contributed by atoms with Crippen molar-refractivity contribution in [3.8, 4) is 5.75 Å². The summed E-state index contributed by atoms with van der Waals surface area (Å²) in [6.07, 6.45) is 0. The van der Waals surface area contributed by atoms with Gasteiger partial charge in [0.25, 0.3) is 11.8 Å². The molecule has 0 heterocycles. The highest BCUT2D eigenvalue weighted by atomic mass is 19.1. The molecule has 0 spiro atoms. The van der Waals surface area contributed by atoms with E-state index in [1.165, 1.54) is 24.3 Å². The van der Waals surface area contributed by atoms with E-state index in [2.05, 4.69) is 10.6 Å². The van der Waals surface area contributed by atoms with E-state index >= 15 is 0 Å². The predicted molar refractivity (Wildman–Crippen MR) is 104 cm³/mol. The topological polar surface area (TPSA) is 67.4 Å². The Morgan fingerprint density at radius 2 is 1.60 bits per heavy atom. The number of benzene rings is 3. The fourth-order valence-corrected chi connectivity index (χ4v) is 2.55. The molecule has 0 aliphatic heterocycles. The number of anilines is 1. The van der Waals surface area contributed by atoms with Crippen LogP contribution in [0.25, 0.3) is 0 Å². The van der Waals surface area contributed by atoms with Crippen LogP contribution in [0, 0.1) is 17.5 Å². The Balaban J connectivity index is 1.51. The first-order chi connectivity index (χ1) is 14.4. The third-order valence-corrected chi connectivity index (χ3v) is 4.03. The van der Waals surface area contributed by atoms with Crippen molar-refractivity contribution in [3.63, 3.8) is 0 Å². The maximum absolute atomic E-state index is 13.5. The lowest BCUT2D eigenvalue weighted by Gasteiger charge is -2.10. The summed E-state index contributed by atoms with van der Waals surface area (Å²) in [6.45, 7) is -0.294. The molecule has 0 saturated heterocycles. The lowest BCUT2D eigenvalue weighted by molar-refractivity contribution is -0.123. The van der Waals surface area contributed by atoms with Crippen molar-refractivity contribution in [2.45, 2.75) is 6.54 Å². The molecule has 0 bridgehead atoms. The average Bonchev–Trinajstić information content (AvgIpc) is 2.72. The normalized spacial score (nSPS) is 10.4. The van der Waals surface area contributed by atoms with Crippen molar-refractivity contribution in [3.05, 3.63) is 95.3 Å². The van der Waals surface area contributed by atoms with Crippen LogP contribution in [0.2, 0.25) is 0 Å². The first-order valence-electron chi connectivity index (χ1n) is 8.91. The van der Waals surface area contributed by atoms with Gasteiger partial charge in [-0.15, -0.1) is 0 Å². The molecular weight excluding hydrogens is 397 g/mol. The fraction of sp³-hybridized carbons (Fsp3) is 0.0909. The molecule has 5 nitrogen and oxygen atoms in total. The molecule has 30 heavy (non-hydrogen) atoms. The Morgan fingerprint density at radius 3 is 2.33 bits per heavy atom. The van der Waals surface area contributed by atoms with Crippen LogP contribution in [-0.4, -0.2) is 18.4 Å². The summed E-state index contributed by atoms with van der Waals surface area (Å²) >= 11 is 0. The summed E-state index contributed by atoms with van der Waals surface area (Å²) in [5, 5.41) is 5.30. The second kappa shape index (κ2) is 9.60. The van der Waals surface area contributed by atoms with Crippen LogP contribution < -0.4 is 15.4 Å². The largest absolute Gasteiger partial charge is 0.481 e. The van der Waals surface area contributed by atoms with Gasteiger partial charge in [-0.3, -0.25) is 9.59 Å². The average molecular weight is 414 g/mol. The van der Waals surface area contributed by atoms with Crippen molar-refractivity contribution in [1.82, 2.24) is 5.32 Å². The molecule has 0 aliphatic carbocycles. The Labute approximate surface area is 170 Å². The summed E-state index contributed by atoms with van der Waals surface area (Å²) < 4.78 is 44.4. The first kappa shape index (κ1) is 20.9. The predicted octanol–water partition coefficient (Wildman–Crippen LogP) is 4.05. The standard InChI is InChI=1S/C22H17F3N2O3/c23-16-6-4-15(5-7-16)22(29)27-18-3-1-2-14(10-18)12-26-21(28)13-30-20-9-8-17(24)11-19(20)25/h1-11H,12-13H2,(H,26,28)(H,27,29). The fourth-order valence-electron chi connectivity index (χ4n) is 2.55. The van der Waals surface area contributed by atoms with Crippen LogP contribution in [-0.2, 0) is 11.3 Å². The van der Waals surface area contributed by atoms with Gasteiger partial charge >= 0.3 is 0 Å². The van der Waals surface area contributed by atoms with E-state index in [9.17, 15) is 22.8 Å². The smallest absolute Gasteiger partial charge is 0.258 e. The minimum absolute atomic E-state index is 0.147. The van der Waals surface area contributed by atoms with Gasteiger partial charge in [0.2, 0.25) is 0 Å². The van der Waals surface area contributed by atoms with Crippen LogP contribution in [0.15, 0.2) is 66.7 Å². The minimum atomic E-state index is -0.896. The van der Waals surface area contributed by atoms with Crippen LogP contribution in [0.4, 0.5) is 18.9 Å². The van der Waals surface area contributed by atoms with Gasteiger partial charge in [0.1, 0.15) is 11.6 Å². The van der Waals surface area contributed by atoms with E-state index < -0.39 is 35.9 Å². The van der Waals surface area contributed by atoms with E-state index in [0.29, 0.717) is 22.9 Å². The maximum atomic E-state index is 13.5. The molecule has 2 N–H and O–H groups in total.